The number of aliphatic carboxylic acids is 1. The van der Waals surface area contributed by atoms with Crippen LogP contribution in [0, 0.1) is 5.92 Å². The Morgan fingerprint density at radius 3 is 2.29 bits per heavy atom. The summed E-state index contributed by atoms with van der Waals surface area (Å²) in [5, 5.41) is 9.25. The van der Waals surface area contributed by atoms with Crippen LogP contribution in [0.25, 0.3) is 0 Å². The van der Waals surface area contributed by atoms with Crippen molar-refractivity contribution in [1.29, 1.82) is 0 Å². The van der Waals surface area contributed by atoms with Crippen LogP contribution in [0.3, 0.4) is 0 Å². The quantitative estimate of drug-likeness (QED) is 0.809. The van der Waals surface area contributed by atoms with Crippen LogP contribution in [0.2, 0.25) is 0 Å². The molecule has 2 saturated heterocycles. The van der Waals surface area contributed by atoms with Crippen molar-refractivity contribution in [2.45, 2.75) is 50.6 Å². The second-order valence-electron chi connectivity index (χ2n) is 6.59. The summed E-state index contributed by atoms with van der Waals surface area (Å²) in [5.41, 5.74) is 0. The van der Waals surface area contributed by atoms with Gasteiger partial charge in [0.2, 0.25) is 10.0 Å². The van der Waals surface area contributed by atoms with E-state index in [1.807, 2.05) is 0 Å². The van der Waals surface area contributed by atoms with Crippen molar-refractivity contribution in [3.05, 3.63) is 0 Å². The fourth-order valence-corrected chi connectivity index (χ4v) is 5.54. The van der Waals surface area contributed by atoms with Gasteiger partial charge in [0.1, 0.15) is 6.04 Å². The lowest BCUT2D eigenvalue weighted by Gasteiger charge is -2.37. The Hall–Kier alpha value is -0.660. The minimum atomic E-state index is -3.10. The first kappa shape index (κ1) is 15.2. The van der Waals surface area contributed by atoms with Crippen LogP contribution in [0.4, 0.5) is 0 Å². The molecule has 2 heterocycles. The molecule has 1 unspecified atom stereocenters. The Kier molecular flexibility index (Phi) is 4.25. The first-order chi connectivity index (χ1) is 9.97. The van der Waals surface area contributed by atoms with Crippen LogP contribution < -0.4 is 0 Å². The molecule has 0 amide bonds. The van der Waals surface area contributed by atoms with E-state index in [0.717, 1.165) is 45.1 Å². The van der Waals surface area contributed by atoms with Gasteiger partial charge in [0.15, 0.2) is 0 Å². The lowest BCUT2D eigenvalue weighted by Crippen LogP contribution is -2.50. The molecule has 3 aliphatic rings. The molecular weight excluding hydrogens is 292 g/mol. The molecule has 0 aromatic heterocycles. The average molecular weight is 316 g/mol. The predicted octanol–water partition coefficient (Wildman–Crippen LogP) is 0.740. The van der Waals surface area contributed by atoms with Crippen molar-refractivity contribution in [1.82, 2.24) is 9.21 Å². The highest BCUT2D eigenvalue weighted by atomic mass is 32.2. The lowest BCUT2D eigenvalue weighted by molar-refractivity contribution is -0.143. The minimum Gasteiger partial charge on any atom is -0.480 e. The fraction of sp³-hybridized carbons (Fsp3) is 0.929. The number of hydrogen-bond acceptors (Lipinski definition) is 4. The fourth-order valence-electron chi connectivity index (χ4n) is 3.63. The maximum atomic E-state index is 12.3. The van der Waals surface area contributed by atoms with Gasteiger partial charge in [0.25, 0.3) is 0 Å². The maximum Gasteiger partial charge on any atom is 0.320 e. The molecule has 2 aliphatic heterocycles. The molecule has 21 heavy (non-hydrogen) atoms. The highest BCUT2D eigenvalue weighted by Crippen LogP contribution is 2.32. The summed E-state index contributed by atoms with van der Waals surface area (Å²) in [6.45, 7) is 1.92. The number of carbonyl (C=O) groups is 1. The number of nitrogens with zero attached hydrogens (tertiary/aromatic N) is 2. The van der Waals surface area contributed by atoms with Crippen molar-refractivity contribution >= 4 is 16.0 Å². The van der Waals surface area contributed by atoms with E-state index in [2.05, 4.69) is 4.90 Å². The van der Waals surface area contributed by atoms with Crippen LogP contribution in [-0.2, 0) is 14.8 Å². The summed E-state index contributed by atoms with van der Waals surface area (Å²) in [5.74, 6) is -0.0574. The van der Waals surface area contributed by atoms with Crippen molar-refractivity contribution < 1.29 is 18.3 Å². The van der Waals surface area contributed by atoms with E-state index in [1.54, 1.807) is 4.31 Å². The van der Waals surface area contributed by atoms with E-state index < -0.39 is 16.0 Å². The zero-order chi connectivity index (χ0) is 15.0. The number of hydrogen-bond donors (Lipinski definition) is 1. The van der Waals surface area contributed by atoms with Gasteiger partial charge < -0.3 is 5.11 Å². The van der Waals surface area contributed by atoms with Crippen LogP contribution in [0.15, 0.2) is 0 Å². The topological polar surface area (TPSA) is 77.9 Å². The van der Waals surface area contributed by atoms with Crippen LogP contribution in [0.1, 0.15) is 38.5 Å². The van der Waals surface area contributed by atoms with Crippen LogP contribution >= 0.6 is 0 Å². The Bertz CT molecular complexity index is 495. The van der Waals surface area contributed by atoms with Gasteiger partial charge in [0, 0.05) is 19.1 Å². The molecule has 3 rings (SSSR count). The van der Waals surface area contributed by atoms with Gasteiger partial charge in [-0.25, -0.2) is 12.7 Å². The van der Waals surface area contributed by atoms with E-state index in [1.165, 1.54) is 0 Å². The van der Waals surface area contributed by atoms with Gasteiger partial charge in [-0.1, -0.05) is 0 Å². The zero-order valence-electron chi connectivity index (χ0n) is 12.3. The predicted molar refractivity (Wildman–Crippen MR) is 78.5 cm³/mol. The van der Waals surface area contributed by atoms with E-state index in [0.29, 0.717) is 24.8 Å². The molecule has 3 fully saturated rings. The van der Waals surface area contributed by atoms with Gasteiger partial charge in [-0.05, 0) is 51.0 Å². The molecule has 0 aromatic carbocycles. The third-order valence-corrected chi connectivity index (χ3v) is 7.05. The van der Waals surface area contributed by atoms with Gasteiger partial charge in [-0.15, -0.1) is 0 Å². The summed E-state index contributed by atoms with van der Waals surface area (Å²) < 4.78 is 26.1. The number of carboxylic acid groups (broad SMARTS) is 1. The molecule has 6 nitrogen and oxygen atoms in total. The van der Waals surface area contributed by atoms with Crippen LogP contribution in [0.5, 0.6) is 0 Å². The Morgan fingerprint density at radius 1 is 1.05 bits per heavy atom. The van der Waals surface area contributed by atoms with Crippen molar-refractivity contribution in [2.75, 3.05) is 25.4 Å². The first-order valence-corrected chi connectivity index (χ1v) is 9.54. The normalized spacial score (nSPS) is 29.8. The number of piperidine rings is 1. The summed E-state index contributed by atoms with van der Waals surface area (Å²) >= 11 is 0. The number of likely N-dealkylation sites (tertiary alicyclic amines) is 1. The Balaban J connectivity index is 1.56. The number of sulfonamides is 1. The molecule has 1 saturated carbocycles. The van der Waals surface area contributed by atoms with E-state index in [9.17, 15) is 18.3 Å². The van der Waals surface area contributed by atoms with E-state index >= 15 is 0 Å². The second kappa shape index (κ2) is 5.85. The molecule has 1 atom stereocenters. The Labute approximate surface area is 126 Å². The SMILES string of the molecule is O=C(O)C1CCCN1C1CCN(S(=O)(=O)CC2CC2)CC1. The number of carboxylic acids is 1. The highest BCUT2D eigenvalue weighted by Gasteiger charge is 2.39. The number of rotatable bonds is 5. The molecule has 1 N–H and O–H groups in total. The molecule has 7 heteroatoms. The molecule has 0 radical (unpaired) electrons. The molecule has 120 valence electrons. The van der Waals surface area contributed by atoms with Gasteiger partial charge in [-0.3, -0.25) is 9.69 Å². The van der Waals surface area contributed by atoms with Crippen molar-refractivity contribution in [3.63, 3.8) is 0 Å². The highest BCUT2D eigenvalue weighted by molar-refractivity contribution is 7.89. The van der Waals surface area contributed by atoms with Gasteiger partial charge >= 0.3 is 5.97 Å². The molecule has 1 aliphatic carbocycles. The molecule has 0 aromatic rings. The zero-order valence-corrected chi connectivity index (χ0v) is 13.1. The largest absolute Gasteiger partial charge is 0.480 e. The van der Waals surface area contributed by atoms with Crippen molar-refractivity contribution in [3.8, 4) is 0 Å². The lowest BCUT2D eigenvalue weighted by atomic mass is 10.0. The summed E-state index contributed by atoms with van der Waals surface area (Å²) in [6.07, 6.45) is 5.25. The van der Waals surface area contributed by atoms with Crippen LogP contribution in [-0.4, -0.2) is 66.2 Å². The second-order valence-corrected chi connectivity index (χ2v) is 8.60. The average Bonchev–Trinajstić information content (AvgIpc) is 3.09. The molecule has 0 spiro atoms. The summed E-state index contributed by atoms with van der Waals surface area (Å²) in [6, 6.07) is -0.148. The van der Waals surface area contributed by atoms with E-state index in [-0.39, 0.29) is 12.1 Å². The van der Waals surface area contributed by atoms with Gasteiger partial charge in [0.05, 0.1) is 5.75 Å². The minimum absolute atomic E-state index is 0.223. The standard InChI is InChI=1S/C14H24N2O4S/c17-14(18)13-2-1-7-16(13)12-5-8-15(9-6-12)21(19,20)10-11-3-4-11/h11-13H,1-10H2,(H,17,18). The maximum absolute atomic E-state index is 12.3. The first-order valence-electron chi connectivity index (χ1n) is 7.94. The van der Waals surface area contributed by atoms with Gasteiger partial charge in [-0.2, -0.15) is 0 Å². The monoisotopic (exact) mass is 316 g/mol. The van der Waals surface area contributed by atoms with Crippen molar-refractivity contribution in [2.24, 2.45) is 5.92 Å². The van der Waals surface area contributed by atoms with E-state index in [4.69, 9.17) is 0 Å². The molecular formula is C14H24N2O4S. The summed E-state index contributed by atoms with van der Waals surface area (Å²) in [7, 11) is -3.10. The molecule has 0 bridgehead atoms. The smallest absolute Gasteiger partial charge is 0.320 e. The third-order valence-electron chi connectivity index (χ3n) is 5.01. The summed E-state index contributed by atoms with van der Waals surface area (Å²) in [4.78, 5) is 13.3. The third kappa shape index (κ3) is 3.40. The Morgan fingerprint density at radius 2 is 1.71 bits per heavy atom.